The number of nitrogens with one attached hydrogen (secondary N) is 1. The number of hydrogen-bond donors (Lipinski definition) is 2. The van der Waals surface area contributed by atoms with Crippen LogP contribution >= 0.6 is 11.8 Å². The minimum atomic E-state index is -1.09. The molecule has 19 heavy (non-hydrogen) atoms. The van der Waals surface area contributed by atoms with E-state index < -0.39 is 5.97 Å². The van der Waals surface area contributed by atoms with Crippen molar-refractivity contribution in [3.05, 3.63) is 24.0 Å². The van der Waals surface area contributed by atoms with Crippen molar-refractivity contribution >= 4 is 29.4 Å². The van der Waals surface area contributed by atoms with Crippen molar-refractivity contribution in [1.29, 1.82) is 0 Å². The fourth-order valence-electron chi connectivity index (χ4n) is 1.36. The maximum absolute atomic E-state index is 11.9. The van der Waals surface area contributed by atoms with Crippen molar-refractivity contribution in [3.8, 4) is 0 Å². The number of carbonyl (C=O) groups is 2. The summed E-state index contributed by atoms with van der Waals surface area (Å²) in [5.41, 5.74) is 0.417. The number of thioether (sulfide) groups is 1. The third-order valence-corrected chi connectivity index (χ3v) is 3.44. The Balaban J connectivity index is 2.63. The van der Waals surface area contributed by atoms with E-state index in [1.54, 1.807) is 23.7 Å². The number of amides is 2. The minimum Gasteiger partial charge on any atom is -0.477 e. The van der Waals surface area contributed by atoms with Gasteiger partial charge in [0.2, 0.25) is 0 Å². The Bertz CT molecular complexity index is 450. The zero-order valence-corrected chi connectivity index (χ0v) is 11.9. The van der Waals surface area contributed by atoms with Crippen molar-refractivity contribution in [2.75, 3.05) is 24.4 Å². The number of urea groups is 1. The zero-order valence-electron chi connectivity index (χ0n) is 11.1. The van der Waals surface area contributed by atoms with Gasteiger partial charge in [-0.3, -0.25) is 0 Å². The number of aromatic nitrogens is 1. The summed E-state index contributed by atoms with van der Waals surface area (Å²) in [6.45, 7) is 1.96. The predicted molar refractivity (Wildman–Crippen MR) is 75.8 cm³/mol. The van der Waals surface area contributed by atoms with Crippen molar-refractivity contribution in [2.24, 2.45) is 0 Å². The summed E-state index contributed by atoms with van der Waals surface area (Å²) in [5.74, 6) is -0.247. The maximum Gasteiger partial charge on any atom is 0.354 e. The summed E-state index contributed by atoms with van der Waals surface area (Å²) in [5, 5.41) is 11.4. The lowest BCUT2D eigenvalue weighted by Gasteiger charge is -2.24. The molecule has 0 aliphatic rings. The van der Waals surface area contributed by atoms with Gasteiger partial charge in [-0.15, -0.1) is 0 Å². The molecule has 1 rings (SSSR count). The van der Waals surface area contributed by atoms with Gasteiger partial charge in [0.1, 0.15) is 5.69 Å². The third-order valence-electron chi connectivity index (χ3n) is 2.62. The smallest absolute Gasteiger partial charge is 0.354 e. The summed E-state index contributed by atoms with van der Waals surface area (Å²) >= 11 is 1.67. The van der Waals surface area contributed by atoms with Gasteiger partial charge < -0.3 is 15.3 Å². The van der Waals surface area contributed by atoms with E-state index >= 15 is 0 Å². The van der Waals surface area contributed by atoms with E-state index in [9.17, 15) is 9.59 Å². The molecule has 0 saturated carbocycles. The Morgan fingerprint density at radius 1 is 1.53 bits per heavy atom. The Labute approximate surface area is 116 Å². The fraction of sp³-hybridized carbons (Fsp3) is 0.417. The SMILES string of the molecule is CSCC(C)N(C)C(=O)Nc1ccc(C(=O)O)nc1. The summed E-state index contributed by atoms with van der Waals surface area (Å²) in [6.07, 6.45) is 3.31. The Morgan fingerprint density at radius 2 is 2.21 bits per heavy atom. The summed E-state index contributed by atoms with van der Waals surface area (Å²) in [7, 11) is 1.72. The first-order valence-electron chi connectivity index (χ1n) is 5.67. The molecule has 0 bridgehead atoms. The highest BCUT2D eigenvalue weighted by Crippen LogP contribution is 2.09. The topological polar surface area (TPSA) is 82.5 Å². The monoisotopic (exact) mass is 283 g/mol. The molecule has 0 aliphatic heterocycles. The second-order valence-corrected chi connectivity index (χ2v) is 4.99. The van der Waals surface area contributed by atoms with Crippen LogP contribution in [0.25, 0.3) is 0 Å². The number of rotatable bonds is 5. The number of carboxylic acid groups (broad SMARTS) is 1. The number of nitrogens with zero attached hydrogens (tertiary/aromatic N) is 2. The average Bonchev–Trinajstić information content (AvgIpc) is 2.38. The number of carbonyl (C=O) groups excluding carboxylic acids is 1. The Hall–Kier alpha value is -1.76. The second kappa shape index (κ2) is 6.98. The Kier molecular flexibility index (Phi) is 5.62. The number of pyridine rings is 1. The van der Waals surface area contributed by atoms with Crippen molar-refractivity contribution < 1.29 is 14.7 Å². The van der Waals surface area contributed by atoms with E-state index in [4.69, 9.17) is 5.11 Å². The molecule has 0 spiro atoms. The molecule has 7 heteroatoms. The van der Waals surface area contributed by atoms with E-state index in [0.29, 0.717) is 5.69 Å². The number of anilines is 1. The van der Waals surface area contributed by atoms with Crippen LogP contribution in [0, 0.1) is 0 Å². The van der Waals surface area contributed by atoms with Gasteiger partial charge in [-0.1, -0.05) is 0 Å². The quantitative estimate of drug-likeness (QED) is 0.863. The largest absolute Gasteiger partial charge is 0.477 e. The molecular weight excluding hydrogens is 266 g/mol. The molecule has 0 fully saturated rings. The second-order valence-electron chi connectivity index (χ2n) is 4.08. The van der Waals surface area contributed by atoms with Crippen LogP contribution in [-0.4, -0.2) is 52.1 Å². The standard InChI is InChI=1S/C12H17N3O3S/c1-8(7-19-3)15(2)12(18)14-9-4-5-10(11(16)17)13-6-9/h4-6,8H,7H2,1-3H3,(H,14,18)(H,16,17). The van der Waals surface area contributed by atoms with Gasteiger partial charge in [0.25, 0.3) is 0 Å². The summed E-state index contributed by atoms with van der Waals surface area (Å²) in [4.78, 5) is 27.9. The van der Waals surface area contributed by atoms with Crippen LogP contribution in [0.4, 0.5) is 10.5 Å². The van der Waals surface area contributed by atoms with Gasteiger partial charge in [-0.05, 0) is 25.3 Å². The van der Waals surface area contributed by atoms with Gasteiger partial charge in [0.15, 0.2) is 0 Å². The van der Waals surface area contributed by atoms with Crippen LogP contribution in [0.15, 0.2) is 18.3 Å². The molecule has 104 valence electrons. The first kappa shape index (κ1) is 15.3. The van der Waals surface area contributed by atoms with E-state index in [-0.39, 0.29) is 17.8 Å². The molecule has 0 aliphatic carbocycles. The fourth-order valence-corrected chi connectivity index (χ4v) is 2.07. The molecule has 6 nitrogen and oxygen atoms in total. The highest BCUT2D eigenvalue weighted by Gasteiger charge is 2.15. The van der Waals surface area contributed by atoms with Gasteiger partial charge >= 0.3 is 12.0 Å². The summed E-state index contributed by atoms with van der Waals surface area (Å²) in [6, 6.07) is 2.73. The van der Waals surface area contributed by atoms with Crippen LogP contribution < -0.4 is 5.32 Å². The van der Waals surface area contributed by atoms with Crippen LogP contribution in [0.1, 0.15) is 17.4 Å². The molecule has 2 N–H and O–H groups in total. The highest BCUT2D eigenvalue weighted by atomic mass is 32.2. The molecule has 0 saturated heterocycles. The lowest BCUT2D eigenvalue weighted by molar-refractivity contribution is 0.0690. The molecule has 2 amide bonds. The van der Waals surface area contributed by atoms with Gasteiger partial charge in [-0.25, -0.2) is 14.6 Å². The third kappa shape index (κ3) is 4.44. The molecule has 1 unspecified atom stereocenters. The Morgan fingerprint density at radius 3 is 2.68 bits per heavy atom. The molecule has 1 heterocycles. The maximum atomic E-state index is 11.9. The van der Waals surface area contributed by atoms with Crippen LogP contribution in [0.3, 0.4) is 0 Å². The first-order valence-corrected chi connectivity index (χ1v) is 7.07. The van der Waals surface area contributed by atoms with Crippen LogP contribution in [0.5, 0.6) is 0 Å². The molecule has 1 aromatic rings. The molecule has 1 atom stereocenters. The number of carboxylic acids is 1. The molecule has 0 aromatic carbocycles. The molecular formula is C12H17N3O3S. The van der Waals surface area contributed by atoms with Gasteiger partial charge in [-0.2, -0.15) is 11.8 Å². The van der Waals surface area contributed by atoms with Crippen molar-refractivity contribution in [2.45, 2.75) is 13.0 Å². The predicted octanol–water partition coefficient (Wildman–Crippen LogP) is 1.99. The van der Waals surface area contributed by atoms with Crippen LogP contribution in [0.2, 0.25) is 0 Å². The highest BCUT2D eigenvalue weighted by molar-refractivity contribution is 7.98. The molecule has 1 aromatic heterocycles. The van der Waals surface area contributed by atoms with Gasteiger partial charge in [0.05, 0.1) is 11.9 Å². The lowest BCUT2D eigenvalue weighted by Crippen LogP contribution is -2.39. The number of aromatic carboxylic acids is 1. The summed E-state index contributed by atoms with van der Waals surface area (Å²) < 4.78 is 0. The van der Waals surface area contributed by atoms with Gasteiger partial charge in [0, 0.05) is 18.8 Å². The average molecular weight is 283 g/mol. The van der Waals surface area contributed by atoms with Crippen LogP contribution in [-0.2, 0) is 0 Å². The van der Waals surface area contributed by atoms with Crippen molar-refractivity contribution in [1.82, 2.24) is 9.88 Å². The van der Waals surface area contributed by atoms with E-state index in [1.165, 1.54) is 18.3 Å². The first-order chi connectivity index (χ1) is 8.95. The molecule has 0 radical (unpaired) electrons. The van der Waals surface area contributed by atoms with Crippen molar-refractivity contribution in [3.63, 3.8) is 0 Å². The minimum absolute atomic E-state index is 0.0536. The normalized spacial score (nSPS) is 11.7. The lowest BCUT2D eigenvalue weighted by atomic mass is 10.3. The van der Waals surface area contributed by atoms with E-state index in [1.807, 2.05) is 13.2 Å². The van der Waals surface area contributed by atoms with E-state index in [2.05, 4.69) is 10.3 Å². The van der Waals surface area contributed by atoms with E-state index in [0.717, 1.165) is 5.75 Å². The zero-order chi connectivity index (χ0) is 14.4. The number of hydrogen-bond acceptors (Lipinski definition) is 4.